The van der Waals surface area contributed by atoms with E-state index >= 15 is 0 Å². The van der Waals surface area contributed by atoms with Crippen LogP contribution in [0.1, 0.15) is 13.3 Å². The molecule has 7 nitrogen and oxygen atoms in total. The second-order valence-electron chi connectivity index (χ2n) is 7.45. The monoisotopic (exact) mass is 372 g/mol. The zero-order valence-electron chi connectivity index (χ0n) is 15.0. The third-order valence-electron chi connectivity index (χ3n) is 5.73. The van der Waals surface area contributed by atoms with Crippen LogP contribution >= 0.6 is 0 Å². The summed E-state index contributed by atoms with van der Waals surface area (Å²) in [4.78, 5) is 26.4. The molecule has 1 saturated carbocycles. The van der Waals surface area contributed by atoms with E-state index in [4.69, 9.17) is 10.00 Å². The molecule has 2 amide bonds. The van der Waals surface area contributed by atoms with Crippen LogP contribution in [0.3, 0.4) is 0 Å². The number of benzene rings is 1. The van der Waals surface area contributed by atoms with Crippen LogP contribution in [0, 0.1) is 34.9 Å². The lowest BCUT2D eigenvalue weighted by atomic mass is 10.2. The maximum absolute atomic E-state index is 14.7. The Bertz CT molecular complexity index is 812. The Labute approximate surface area is 156 Å². The van der Waals surface area contributed by atoms with E-state index in [0.717, 1.165) is 13.1 Å². The topological polar surface area (TPSA) is 85.7 Å². The molecule has 4 rings (SSSR count). The third-order valence-corrected chi connectivity index (χ3v) is 5.73. The van der Waals surface area contributed by atoms with Gasteiger partial charge in [0, 0.05) is 26.4 Å². The van der Waals surface area contributed by atoms with E-state index in [0.29, 0.717) is 35.5 Å². The molecule has 2 aliphatic heterocycles. The molecular weight excluding hydrogens is 351 g/mol. The van der Waals surface area contributed by atoms with E-state index < -0.39 is 12.2 Å². The van der Waals surface area contributed by atoms with Crippen molar-refractivity contribution in [2.45, 2.75) is 19.4 Å². The van der Waals surface area contributed by atoms with Gasteiger partial charge in [-0.1, -0.05) is 0 Å². The summed E-state index contributed by atoms with van der Waals surface area (Å²) in [6.45, 7) is 3.45. The maximum Gasteiger partial charge on any atom is 0.414 e. The highest BCUT2D eigenvalue weighted by molar-refractivity contribution is 5.90. The highest BCUT2D eigenvalue weighted by Crippen LogP contribution is 2.54. The Balaban J connectivity index is 1.40. The van der Waals surface area contributed by atoms with Gasteiger partial charge in [-0.2, -0.15) is 5.26 Å². The lowest BCUT2D eigenvalue weighted by Crippen LogP contribution is -2.33. The molecule has 2 unspecified atom stereocenters. The summed E-state index contributed by atoms with van der Waals surface area (Å²) in [5.74, 6) is 0.886. The van der Waals surface area contributed by atoms with Gasteiger partial charge in [-0.15, -0.1) is 0 Å². The van der Waals surface area contributed by atoms with Crippen LogP contribution in [-0.4, -0.2) is 44.3 Å². The van der Waals surface area contributed by atoms with E-state index in [9.17, 15) is 14.0 Å². The number of nitriles is 1. The molecule has 1 aromatic rings. The number of rotatable bonds is 5. The lowest BCUT2D eigenvalue weighted by molar-refractivity contribution is -0.119. The molecule has 0 bridgehead atoms. The highest BCUT2D eigenvalue weighted by atomic mass is 19.1. The van der Waals surface area contributed by atoms with Crippen molar-refractivity contribution in [2.75, 3.05) is 36.0 Å². The van der Waals surface area contributed by atoms with Crippen molar-refractivity contribution in [3.8, 4) is 6.07 Å². The maximum atomic E-state index is 14.7. The molecule has 0 radical (unpaired) electrons. The number of nitrogens with one attached hydrogen (secondary N) is 1. The van der Waals surface area contributed by atoms with Crippen LogP contribution in [0.15, 0.2) is 18.2 Å². The summed E-state index contributed by atoms with van der Waals surface area (Å²) < 4.78 is 19.9. The van der Waals surface area contributed by atoms with Crippen LogP contribution in [0.4, 0.5) is 20.6 Å². The van der Waals surface area contributed by atoms with Crippen molar-refractivity contribution in [3.63, 3.8) is 0 Å². The first-order valence-electron chi connectivity index (χ1n) is 9.12. The van der Waals surface area contributed by atoms with Gasteiger partial charge in [0.25, 0.3) is 0 Å². The second-order valence-corrected chi connectivity index (χ2v) is 7.45. The van der Waals surface area contributed by atoms with Gasteiger partial charge in [0.2, 0.25) is 5.91 Å². The fourth-order valence-corrected chi connectivity index (χ4v) is 4.27. The van der Waals surface area contributed by atoms with Crippen molar-refractivity contribution in [3.05, 3.63) is 24.0 Å². The van der Waals surface area contributed by atoms with Crippen molar-refractivity contribution >= 4 is 23.4 Å². The Hall–Kier alpha value is -2.82. The molecular formula is C19H21FN4O3. The zero-order valence-corrected chi connectivity index (χ0v) is 15.0. The molecule has 3 aliphatic rings. The van der Waals surface area contributed by atoms with E-state index in [1.807, 2.05) is 4.90 Å². The fraction of sp³-hybridized carbons (Fsp3) is 0.526. The van der Waals surface area contributed by atoms with E-state index in [2.05, 4.69) is 11.4 Å². The molecule has 3 atom stereocenters. The van der Waals surface area contributed by atoms with Crippen molar-refractivity contribution in [1.82, 2.24) is 5.32 Å². The second kappa shape index (κ2) is 6.72. The number of piperidine rings is 1. The van der Waals surface area contributed by atoms with Gasteiger partial charge >= 0.3 is 6.09 Å². The molecule has 3 fully saturated rings. The fourth-order valence-electron chi connectivity index (χ4n) is 4.27. The molecule has 1 aliphatic carbocycles. The van der Waals surface area contributed by atoms with Crippen LogP contribution < -0.4 is 15.1 Å². The van der Waals surface area contributed by atoms with E-state index in [-0.39, 0.29) is 24.8 Å². The van der Waals surface area contributed by atoms with E-state index in [1.54, 1.807) is 12.1 Å². The number of carbonyl (C=O) groups is 2. The Morgan fingerprint density at radius 2 is 2.11 bits per heavy atom. The number of nitrogens with zero attached hydrogens (tertiary/aromatic N) is 3. The largest absolute Gasteiger partial charge is 0.442 e. The number of cyclic esters (lactones) is 1. The third kappa shape index (κ3) is 3.29. The smallest absolute Gasteiger partial charge is 0.414 e. The minimum atomic E-state index is -0.542. The normalized spacial score (nSPS) is 28.6. The van der Waals surface area contributed by atoms with Crippen molar-refractivity contribution < 1.29 is 18.7 Å². The lowest BCUT2D eigenvalue weighted by Gasteiger charge is -2.23. The van der Waals surface area contributed by atoms with Crippen LogP contribution in [-0.2, 0) is 9.53 Å². The summed E-state index contributed by atoms with van der Waals surface area (Å²) in [6.07, 6.45) is -0.410. The molecule has 0 spiro atoms. The summed E-state index contributed by atoms with van der Waals surface area (Å²) in [6, 6.07) is 6.99. The van der Waals surface area contributed by atoms with Gasteiger partial charge in [-0.25, -0.2) is 9.18 Å². The number of hydrogen-bond donors (Lipinski definition) is 1. The minimum Gasteiger partial charge on any atom is -0.442 e. The Morgan fingerprint density at radius 3 is 2.74 bits per heavy atom. The minimum absolute atomic E-state index is 0.194. The average Bonchev–Trinajstić information content (AvgIpc) is 2.98. The molecule has 27 heavy (non-hydrogen) atoms. The quantitative estimate of drug-likeness (QED) is 0.853. The summed E-state index contributed by atoms with van der Waals surface area (Å²) in [7, 11) is 0. The predicted molar refractivity (Wildman–Crippen MR) is 95.6 cm³/mol. The van der Waals surface area contributed by atoms with Crippen molar-refractivity contribution in [1.29, 1.82) is 5.26 Å². The van der Waals surface area contributed by atoms with Gasteiger partial charge in [-0.05, 0) is 36.0 Å². The number of amides is 2. The number of hydrogen-bond acceptors (Lipinski definition) is 5. The Kier molecular flexibility index (Phi) is 4.38. The highest BCUT2D eigenvalue weighted by Gasteiger charge is 2.55. The van der Waals surface area contributed by atoms with Gasteiger partial charge in [0.1, 0.15) is 11.9 Å². The van der Waals surface area contributed by atoms with E-state index in [1.165, 1.54) is 17.9 Å². The molecule has 1 aromatic carbocycles. The SMILES string of the molecule is CC(=O)NC[C@H]1CN(c2ccc(N3CC4C(CC#N)C4C3)c(F)c2)C(=O)O1. The standard InChI is InChI=1S/C19H21FN4O3/c1-11(25)22-7-13-8-24(19(26)27-13)12-2-3-18(17(20)6-12)23-9-15-14(4-5-21)16(15)10-23/h2-3,6,13-16H,4,7-10H2,1H3,(H,22,25)/t13-,14?,15?,16?/m0/s1. The molecule has 0 aromatic heterocycles. The molecule has 2 heterocycles. The van der Waals surface area contributed by atoms with Gasteiger partial charge in [0.15, 0.2) is 0 Å². The van der Waals surface area contributed by atoms with Crippen LogP contribution in [0.5, 0.6) is 0 Å². The summed E-state index contributed by atoms with van der Waals surface area (Å²) in [5, 5.41) is 11.4. The molecule has 142 valence electrons. The number of carbonyl (C=O) groups excluding carboxylic acids is 2. The van der Waals surface area contributed by atoms with Gasteiger partial charge in [-0.3, -0.25) is 9.69 Å². The first kappa shape index (κ1) is 17.6. The first-order valence-corrected chi connectivity index (χ1v) is 9.12. The average molecular weight is 372 g/mol. The zero-order chi connectivity index (χ0) is 19.1. The number of fused-ring (bicyclic) bond motifs is 1. The van der Waals surface area contributed by atoms with Crippen LogP contribution in [0.2, 0.25) is 0 Å². The number of halogens is 1. The number of ether oxygens (including phenoxy) is 1. The summed E-state index contributed by atoms with van der Waals surface area (Å²) >= 11 is 0. The number of anilines is 2. The molecule has 8 heteroatoms. The van der Waals surface area contributed by atoms with Crippen LogP contribution in [0.25, 0.3) is 0 Å². The van der Waals surface area contributed by atoms with Gasteiger partial charge < -0.3 is 15.0 Å². The van der Waals surface area contributed by atoms with Crippen molar-refractivity contribution in [2.24, 2.45) is 17.8 Å². The first-order chi connectivity index (χ1) is 13.0. The summed E-state index contributed by atoms with van der Waals surface area (Å²) in [5.41, 5.74) is 0.974. The predicted octanol–water partition coefficient (Wildman–Crippen LogP) is 1.88. The molecule has 1 N–H and O–H groups in total. The molecule has 2 saturated heterocycles. The van der Waals surface area contributed by atoms with Gasteiger partial charge in [0.05, 0.1) is 30.5 Å². The Morgan fingerprint density at radius 1 is 1.37 bits per heavy atom.